The number of carbonyl (C=O) groups excluding carboxylic acids is 2. The molecule has 2 aromatic rings. The molecule has 3 rings (SSSR count). The maximum absolute atomic E-state index is 12.9. The molecule has 0 bridgehead atoms. The number of halogens is 1. The van der Waals surface area contributed by atoms with Gasteiger partial charge in [-0.05, 0) is 30.2 Å². The molecule has 2 aromatic carbocycles. The third kappa shape index (κ3) is 4.42. The quantitative estimate of drug-likeness (QED) is 0.871. The molecule has 0 saturated carbocycles. The predicted molar refractivity (Wildman–Crippen MR) is 105 cm³/mol. The summed E-state index contributed by atoms with van der Waals surface area (Å²) in [4.78, 5) is 29.2. The van der Waals surface area contributed by atoms with E-state index in [0.717, 1.165) is 12.0 Å². The smallest absolute Gasteiger partial charge is 0.253 e. The molecule has 0 spiro atoms. The summed E-state index contributed by atoms with van der Waals surface area (Å²) in [5.74, 6) is -0.172. The minimum Gasteiger partial charge on any atom is -0.506 e. The summed E-state index contributed by atoms with van der Waals surface area (Å²) in [6.45, 7) is 3.43. The van der Waals surface area contributed by atoms with Crippen molar-refractivity contribution >= 4 is 23.4 Å². The zero-order valence-electron chi connectivity index (χ0n) is 15.3. The normalized spacial score (nSPS) is 17.7. The number of phenols is 1. The van der Waals surface area contributed by atoms with Crippen molar-refractivity contribution in [1.82, 2.24) is 9.80 Å². The highest BCUT2D eigenvalue weighted by Gasteiger charge is 2.31. The first-order valence-electron chi connectivity index (χ1n) is 9.10. The summed E-state index contributed by atoms with van der Waals surface area (Å²) in [6.07, 6.45) is 1.06. The van der Waals surface area contributed by atoms with E-state index < -0.39 is 0 Å². The van der Waals surface area contributed by atoms with Gasteiger partial charge in [-0.2, -0.15) is 0 Å². The largest absolute Gasteiger partial charge is 0.506 e. The SMILES string of the molecule is CCC1CN(C(=O)c2ccc(O)c(Cl)c2)CCC(=O)N1Cc1ccccc1. The number of carbonyl (C=O) groups is 2. The standard InChI is InChI=1S/C21H23ClN2O3/c1-2-17-14-23(21(27)16-8-9-19(25)18(22)12-16)11-10-20(26)24(17)13-15-6-4-3-5-7-15/h3-9,12,17,25H,2,10-11,13-14H2,1H3. The Labute approximate surface area is 164 Å². The van der Waals surface area contributed by atoms with Crippen LogP contribution in [0.5, 0.6) is 5.75 Å². The van der Waals surface area contributed by atoms with E-state index in [1.165, 1.54) is 12.1 Å². The van der Waals surface area contributed by atoms with Crippen molar-refractivity contribution in [3.8, 4) is 5.75 Å². The van der Waals surface area contributed by atoms with Gasteiger partial charge in [-0.3, -0.25) is 9.59 Å². The van der Waals surface area contributed by atoms with Gasteiger partial charge in [0.1, 0.15) is 5.75 Å². The van der Waals surface area contributed by atoms with E-state index in [0.29, 0.717) is 31.6 Å². The highest BCUT2D eigenvalue weighted by molar-refractivity contribution is 6.32. The number of phenolic OH excluding ortho intramolecular Hbond substituents is 1. The van der Waals surface area contributed by atoms with Gasteiger partial charge in [0, 0.05) is 37.7 Å². The number of hydrogen-bond donors (Lipinski definition) is 1. The number of nitrogens with zero attached hydrogens (tertiary/aromatic N) is 2. The van der Waals surface area contributed by atoms with E-state index >= 15 is 0 Å². The molecule has 1 atom stereocenters. The van der Waals surface area contributed by atoms with Crippen molar-refractivity contribution in [2.75, 3.05) is 13.1 Å². The Kier molecular flexibility index (Phi) is 6.01. The molecule has 1 unspecified atom stereocenters. The van der Waals surface area contributed by atoms with Crippen LogP contribution in [0.1, 0.15) is 35.7 Å². The topological polar surface area (TPSA) is 60.9 Å². The van der Waals surface area contributed by atoms with Crippen LogP contribution in [-0.2, 0) is 11.3 Å². The van der Waals surface area contributed by atoms with Gasteiger partial charge in [0.25, 0.3) is 5.91 Å². The van der Waals surface area contributed by atoms with Crippen LogP contribution in [0.4, 0.5) is 0 Å². The van der Waals surface area contributed by atoms with E-state index in [1.54, 1.807) is 11.0 Å². The van der Waals surface area contributed by atoms with Gasteiger partial charge < -0.3 is 14.9 Å². The molecule has 0 aromatic heterocycles. The number of hydrogen-bond acceptors (Lipinski definition) is 3. The first kappa shape index (κ1) is 19.2. The molecule has 1 aliphatic heterocycles. The average Bonchev–Trinajstić information content (AvgIpc) is 2.84. The lowest BCUT2D eigenvalue weighted by molar-refractivity contribution is -0.133. The zero-order valence-corrected chi connectivity index (χ0v) is 16.0. The molecule has 1 saturated heterocycles. The van der Waals surface area contributed by atoms with E-state index in [2.05, 4.69) is 0 Å². The monoisotopic (exact) mass is 386 g/mol. The Bertz CT molecular complexity index is 825. The highest BCUT2D eigenvalue weighted by atomic mass is 35.5. The lowest BCUT2D eigenvalue weighted by Crippen LogP contribution is -2.43. The molecule has 0 aliphatic carbocycles. The Hall–Kier alpha value is -2.53. The second-order valence-electron chi connectivity index (χ2n) is 6.74. The molecule has 5 nitrogen and oxygen atoms in total. The molecule has 0 radical (unpaired) electrons. The van der Waals surface area contributed by atoms with Gasteiger partial charge in [0.05, 0.1) is 5.02 Å². The Morgan fingerprint density at radius 3 is 2.63 bits per heavy atom. The molecule has 1 aliphatic rings. The predicted octanol–water partition coefficient (Wildman–Crippen LogP) is 3.70. The molecule has 2 amide bonds. The van der Waals surface area contributed by atoms with Crippen LogP contribution in [0.2, 0.25) is 5.02 Å². The zero-order chi connectivity index (χ0) is 19.4. The molecule has 1 heterocycles. The van der Waals surface area contributed by atoms with Gasteiger partial charge in [0.15, 0.2) is 0 Å². The molecular weight excluding hydrogens is 364 g/mol. The molecular formula is C21H23ClN2O3. The van der Waals surface area contributed by atoms with Gasteiger partial charge in [-0.15, -0.1) is 0 Å². The lowest BCUT2D eigenvalue weighted by Gasteiger charge is -2.31. The van der Waals surface area contributed by atoms with Crippen LogP contribution in [0.3, 0.4) is 0 Å². The molecule has 6 heteroatoms. The Morgan fingerprint density at radius 2 is 1.96 bits per heavy atom. The summed E-state index contributed by atoms with van der Waals surface area (Å²) in [6, 6.07) is 14.3. The third-order valence-electron chi connectivity index (χ3n) is 4.94. The van der Waals surface area contributed by atoms with Crippen molar-refractivity contribution < 1.29 is 14.7 Å². The number of amides is 2. The average molecular weight is 387 g/mol. The summed E-state index contributed by atoms with van der Waals surface area (Å²) in [5, 5.41) is 9.71. The molecule has 1 N–H and O–H groups in total. The van der Waals surface area contributed by atoms with Crippen LogP contribution >= 0.6 is 11.6 Å². The Balaban J connectivity index is 1.79. The second kappa shape index (κ2) is 8.44. The van der Waals surface area contributed by atoms with Crippen LogP contribution in [0.15, 0.2) is 48.5 Å². The molecule has 1 fully saturated rings. The van der Waals surface area contributed by atoms with Gasteiger partial charge >= 0.3 is 0 Å². The van der Waals surface area contributed by atoms with Crippen LogP contribution in [0.25, 0.3) is 0 Å². The highest BCUT2D eigenvalue weighted by Crippen LogP contribution is 2.25. The van der Waals surface area contributed by atoms with Crippen molar-refractivity contribution in [3.63, 3.8) is 0 Å². The fourth-order valence-corrected chi connectivity index (χ4v) is 3.56. The third-order valence-corrected chi connectivity index (χ3v) is 5.24. The van der Waals surface area contributed by atoms with Crippen LogP contribution < -0.4 is 0 Å². The van der Waals surface area contributed by atoms with E-state index in [-0.39, 0.29) is 28.6 Å². The maximum atomic E-state index is 12.9. The lowest BCUT2D eigenvalue weighted by atomic mass is 10.1. The van der Waals surface area contributed by atoms with Crippen molar-refractivity contribution in [3.05, 3.63) is 64.7 Å². The van der Waals surface area contributed by atoms with E-state index in [4.69, 9.17) is 11.6 Å². The van der Waals surface area contributed by atoms with E-state index in [9.17, 15) is 14.7 Å². The van der Waals surface area contributed by atoms with Crippen LogP contribution in [-0.4, -0.2) is 45.9 Å². The molecule has 27 heavy (non-hydrogen) atoms. The summed E-state index contributed by atoms with van der Waals surface area (Å²) >= 11 is 5.94. The number of benzene rings is 2. The summed E-state index contributed by atoms with van der Waals surface area (Å²) in [7, 11) is 0. The fourth-order valence-electron chi connectivity index (χ4n) is 3.38. The molecule has 142 valence electrons. The minimum atomic E-state index is -0.176. The first-order valence-corrected chi connectivity index (χ1v) is 9.48. The van der Waals surface area contributed by atoms with Gasteiger partial charge in [-0.1, -0.05) is 48.9 Å². The Morgan fingerprint density at radius 1 is 1.22 bits per heavy atom. The van der Waals surface area contributed by atoms with Crippen molar-refractivity contribution in [2.24, 2.45) is 0 Å². The first-order chi connectivity index (χ1) is 13.0. The summed E-state index contributed by atoms with van der Waals surface area (Å²) in [5.41, 5.74) is 1.49. The van der Waals surface area contributed by atoms with Gasteiger partial charge in [0.2, 0.25) is 5.91 Å². The van der Waals surface area contributed by atoms with Crippen molar-refractivity contribution in [2.45, 2.75) is 32.4 Å². The van der Waals surface area contributed by atoms with Crippen molar-refractivity contribution in [1.29, 1.82) is 0 Å². The minimum absolute atomic E-state index is 0.0447. The van der Waals surface area contributed by atoms with E-state index in [1.807, 2.05) is 42.2 Å². The summed E-state index contributed by atoms with van der Waals surface area (Å²) < 4.78 is 0. The second-order valence-corrected chi connectivity index (χ2v) is 7.14. The maximum Gasteiger partial charge on any atom is 0.253 e. The number of rotatable bonds is 4. The number of aromatic hydroxyl groups is 1. The van der Waals surface area contributed by atoms with Gasteiger partial charge in [-0.25, -0.2) is 0 Å². The van der Waals surface area contributed by atoms with Crippen LogP contribution in [0, 0.1) is 0 Å². The fraction of sp³-hybridized carbons (Fsp3) is 0.333.